The number of carbonyl (C=O) groups is 4. The second kappa shape index (κ2) is 5.88. The summed E-state index contributed by atoms with van der Waals surface area (Å²) in [4.78, 5) is 55.0. The second-order valence-corrected chi connectivity index (χ2v) is 6.58. The predicted octanol–water partition coefficient (Wildman–Crippen LogP) is 0.239. The highest BCUT2D eigenvalue weighted by molar-refractivity contribution is 7.13. The molecular weight excluding hydrogens is 360 g/mol. The van der Waals surface area contributed by atoms with E-state index in [-0.39, 0.29) is 17.0 Å². The molecule has 0 unspecified atom stereocenters. The van der Waals surface area contributed by atoms with Crippen LogP contribution >= 0.6 is 11.3 Å². The average Bonchev–Trinajstić information content (AvgIpc) is 3.35. The summed E-state index contributed by atoms with van der Waals surface area (Å²) < 4.78 is 0. The summed E-state index contributed by atoms with van der Waals surface area (Å²) in [6.07, 6.45) is -1.19. The number of carbonyl (C=O) groups excluding carboxylic acids is 4. The monoisotopic (exact) mass is 369 g/mol. The van der Waals surface area contributed by atoms with E-state index in [1.165, 1.54) is 35.6 Å². The Morgan fingerprint density at radius 1 is 1.12 bits per heavy atom. The van der Waals surface area contributed by atoms with Gasteiger partial charge in [-0.1, -0.05) is 23.4 Å². The molecule has 0 spiro atoms. The lowest BCUT2D eigenvalue weighted by Crippen LogP contribution is -2.34. The Bertz CT molecular complexity index is 964. The van der Waals surface area contributed by atoms with Crippen molar-refractivity contribution >= 4 is 46.3 Å². The molecule has 2 aliphatic rings. The third-order valence-corrected chi connectivity index (χ3v) is 5.02. The Morgan fingerprint density at radius 2 is 1.85 bits per heavy atom. The number of nitrogens with zero attached hydrogens (tertiary/aromatic N) is 2. The van der Waals surface area contributed by atoms with Crippen molar-refractivity contribution < 1.29 is 29.1 Å². The lowest BCUT2D eigenvalue weighted by atomic mass is 9.96. The molecule has 2 aliphatic heterocycles. The number of imide groups is 1. The number of thiophene rings is 1. The highest BCUT2D eigenvalue weighted by Gasteiger charge is 2.57. The molecule has 2 amide bonds. The normalized spacial score (nSPS) is 21.4. The zero-order valence-corrected chi connectivity index (χ0v) is 13.8. The quantitative estimate of drug-likeness (QED) is 0.563. The molecule has 1 fully saturated rings. The molecule has 1 aromatic heterocycles. The molecule has 26 heavy (non-hydrogen) atoms. The van der Waals surface area contributed by atoms with Crippen LogP contribution in [0.4, 0.5) is 5.69 Å². The number of carboxylic acid groups (broad SMARTS) is 1. The first-order valence-corrected chi connectivity index (χ1v) is 8.38. The highest BCUT2D eigenvalue weighted by Crippen LogP contribution is 2.34. The minimum Gasteiger partial charge on any atom is -0.545 e. The highest BCUT2D eigenvalue weighted by atomic mass is 32.1. The Kier molecular flexibility index (Phi) is 3.66. The summed E-state index contributed by atoms with van der Waals surface area (Å²) in [6, 6.07) is 8.39. The van der Waals surface area contributed by atoms with Gasteiger partial charge in [0.25, 0.3) is 5.91 Å². The van der Waals surface area contributed by atoms with E-state index >= 15 is 0 Å². The number of Topliss-reactive ketones (excluding diaryl/α,β-unsaturated/α-hetero) is 1. The van der Waals surface area contributed by atoms with Gasteiger partial charge in [-0.3, -0.25) is 14.4 Å². The summed E-state index contributed by atoms with van der Waals surface area (Å²) in [7, 11) is 0. The fourth-order valence-corrected chi connectivity index (χ4v) is 3.57. The van der Waals surface area contributed by atoms with Crippen molar-refractivity contribution in [2.24, 2.45) is 11.1 Å². The first kappa shape index (κ1) is 16.2. The Labute approximate surface area is 150 Å². The Balaban J connectivity index is 1.64. The molecule has 0 N–H and O–H groups in total. The van der Waals surface area contributed by atoms with Crippen molar-refractivity contribution in [1.82, 2.24) is 0 Å². The van der Waals surface area contributed by atoms with Crippen molar-refractivity contribution in [1.29, 1.82) is 0 Å². The van der Waals surface area contributed by atoms with Gasteiger partial charge in [0.15, 0.2) is 0 Å². The second-order valence-electron chi connectivity index (χ2n) is 5.63. The van der Waals surface area contributed by atoms with E-state index in [1.807, 2.05) is 0 Å². The number of benzene rings is 1. The van der Waals surface area contributed by atoms with Crippen LogP contribution in [0.3, 0.4) is 0 Å². The number of amides is 2. The first-order chi connectivity index (χ1) is 12.5. The maximum atomic E-state index is 12.8. The fraction of sp³-hybridized carbons (Fsp3) is 0.118. The third kappa shape index (κ3) is 2.32. The Morgan fingerprint density at radius 3 is 2.46 bits per heavy atom. The molecule has 0 aliphatic carbocycles. The molecule has 2 aromatic rings. The van der Waals surface area contributed by atoms with E-state index < -0.39 is 35.6 Å². The average molecular weight is 369 g/mol. The lowest BCUT2D eigenvalue weighted by molar-refractivity contribution is -0.255. The van der Waals surface area contributed by atoms with E-state index in [4.69, 9.17) is 4.84 Å². The topological polar surface area (TPSA) is 116 Å². The van der Waals surface area contributed by atoms with Gasteiger partial charge in [0.1, 0.15) is 11.6 Å². The summed E-state index contributed by atoms with van der Waals surface area (Å²) >= 11 is 1.20. The van der Waals surface area contributed by atoms with Crippen LogP contribution in [0.1, 0.15) is 20.0 Å². The largest absolute Gasteiger partial charge is 0.545 e. The predicted molar refractivity (Wildman–Crippen MR) is 87.7 cm³/mol. The van der Waals surface area contributed by atoms with Crippen LogP contribution < -0.4 is 10.0 Å². The van der Waals surface area contributed by atoms with Crippen LogP contribution in [0.5, 0.6) is 0 Å². The smallest absolute Gasteiger partial charge is 0.278 e. The molecule has 1 saturated heterocycles. The van der Waals surface area contributed by atoms with Crippen molar-refractivity contribution in [3.63, 3.8) is 0 Å². The van der Waals surface area contributed by atoms with Crippen LogP contribution in [-0.4, -0.2) is 35.4 Å². The van der Waals surface area contributed by atoms with Gasteiger partial charge in [0.2, 0.25) is 17.8 Å². The summed E-state index contributed by atoms with van der Waals surface area (Å²) in [6.45, 7) is 0. The zero-order valence-electron chi connectivity index (χ0n) is 12.9. The number of carboxylic acids is 1. The Hall–Kier alpha value is -3.33. The molecule has 2 atom stereocenters. The standard InChI is InChI=1S/C17H10N2O6S/c20-13(10-2-1-7-26-10)12-11-14(25-18-12)16(22)19(15(11)21)9-5-3-8(4-6-9)17(23)24/h1-7,11,14H,(H,23,24)/p-1/t11-,14-/m1/s1. The van der Waals surface area contributed by atoms with Crippen LogP contribution in [0.2, 0.25) is 0 Å². The molecule has 130 valence electrons. The van der Waals surface area contributed by atoms with Crippen LogP contribution in [-0.2, 0) is 14.4 Å². The third-order valence-electron chi connectivity index (χ3n) is 4.15. The molecule has 4 rings (SSSR count). The summed E-state index contributed by atoms with van der Waals surface area (Å²) in [5.74, 6) is -4.23. The van der Waals surface area contributed by atoms with Gasteiger partial charge in [0.05, 0.1) is 16.5 Å². The maximum Gasteiger partial charge on any atom is 0.278 e. The maximum absolute atomic E-state index is 12.8. The minimum absolute atomic E-state index is 0.0839. The van der Waals surface area contributed by atoms with Crippen molar-refractivity contribution in [3.05, 3.63) is 52.2 Å². The molecule has 3 heterocycles. The van der Waals surface area contributed by atoms with E-state index in [0.29, 0.717) is 4.88 Å². The number of rotatable bonds is 4. The molecule has 0 saturated carbocycles. The fourth-order valence-electron chi connectivity index (χ4n) is 2.90. The summed E-state index contributed by atoms with van der Waals surface area (Å²) in [5.41, 5.74) is -0.00464. The van der Waals surface area contributed by atoms with Crippen molar-refractivity contribution in [3.8, 4) is 0 Å². The van der Waals surface area contributed by atoms with E-state index in [1.54, 1.807) is 17.5 Å². The van der Waals surface area contributed by atoms with Gasteiger partial charge in [-0.05, 0) is 29.1 Å². The van der Waals surface area contributed by atoms with Gasteiger partial charge < -0.3 is 14.7 Å². The molecule has 1 aromatic carbocycles. The number of ketones is 1. The molecule has 0 bridgehead atoms. The van der Waals surface area contributed by atoms with Crippen LogP contribution in [0.15, 0.2) is 46.9 Å². The lowest BCUT2D eigenvalue weighted by Gasteiger charge is -2.15. The van der Waals surface area contributed by atoms with Gasteiger partial charge in [-0.15, -0.1) is 11.3 Å². The van der Waals surface area contributed by atoms with Gasteiger partial charge >= 0.3 is 0 Å². The number of oxime groups is 1. The van der Waals surface area contributed by atoms with Gasteiger partial charge in [-0.25, -0.2) is 4.90 Å². The van der Waals surface area contributed by atoms with Gasteiger partial charge in [-0.2, -0.15) is 0 Å². The van der Waals surface area contributed by atoms with Crippen molar-refractivity contribution in [2.45, 2.75) is 6.10 Å². The molecular formula is C17H9N2O6S-. The minimum atomic E-state index is -1.37. The van der Waals surface area contributed by atoms with Crippen LogP contribution in [0.25, 0.3) is 0 Å². The zero-order chi connectivity index (χ0) is 18.4. The van der Waals surface area contributed by atoms with E-state index in [0.717, 1.165) is 4.90 Å². The van der Waals surface area contributed by atoms with E-state index in [9.17, 15) is 24.3 Å². The van der Waals surface area contributed by atoms with Gasteiger partial charge in [0, 0.05) is 0 Å². The van der Waals surface area contributed by atoms with E-state index in [2.05, 4.69) is 5.16 Å². The molecule has 0 radical (unpaired) electrons. The summed E-state index contributed by atoms with van der Waals surface area (Å²) in [5, 5.41) is 16.2. The first-order valence-electron chi connectivity index (χ1n) is 7.50. The number of hydrogen-bond acceptors (Lipinski definition) is 8. The molecule has 8 nitrogen and oxygen atoms in total. The number of fused-ring (bicyclic) bond motifs is 1. The number of aromatic carboxylic acids is 1. The number of anilines is 1. The van der Waals surface area contributed by atoms with Crippen molar-refractivity contribution in [2.75, 3.05) is 4.90 Å². The molecule has 9 heteroatoms. The van der Waals surface area contributed by atoms with Crippen LogP contribution in [0, 0.1) is 5.92 Å². The number of hydrogen-bond donors (Lipinski definition) is 0. The SMILES string of the molecule is O=C([O-])c1ccc(N2C(=O)[C@@H]3C(C(=O)c4cccs4)=NO[C@H]3C2=O)cc1.